The van der Waals surface area contributed by atoms with Crippen molar-refractivity contribution in [2.75, 3.05) is 21.3 Å². The summed E-state index contributed by atoms with van der Waals surface area (Å²) >= 11 is 0. The molecular formula is C49H36N4O6. The van der Waals surface area contributed by atoms with Crippen LogP contribution >= 0.6 is 0 Å². The fourth-order valence-corrected chi connectivity index (χ4v) is 6.71. The maximum atomic E-state index is 13.3. The molecule has 8 aromatic rings. The Morgan fingerprint density at radius 3 is 1.10 bits per heavy atom. The van der Waals surface area contributed by atoms with Gasteiger partial charge in [0, 0.05) is 33.9 Å². The summed E-state index contributed by atoms with van der Waals surface area (Å²) < 4.78 is 0. The van der Waals surface area contributed by atoms with Gasteiger partial charge in [0.15, 0.2) is 0 Å². The monoisotopic (exact) mass is 776 g/mol. The summed E-state index contributed by atoms with van der Waals surface area (Å²) in [7, 11) is 0. The van der Waals surface area contributed by atoms with E-state index in [1.54, 1.807) is 97.1 Å². The first-order chi connectivity index (χ1) is 28.6. The molecule has 0 bridgehead atoms. The molecule has 8 aromatic carbocycles. The molecule has 0 saturated heterocycles. The van der Waals surface area contributed by atoms with E-state index in [4.69, 9.17) is 0 Å². The van der Waals surface area contributed by atoms with Gasteiger partial charge in [-0.15, -0.1) is 0 Å². The Morgan fingerprint density at radius 1 is 0.356 bits per heavy atom. The quantitative estimate of drug-likeness (QED) is 0.0812. The summed E-state index contributed by atoms with van der Waals surface area (Å²) in [5.41, 5.74) is 5.34. The van der Waals surface area contributed by atoms with Crippen LogP contribution in [0.1, 0.15) is 52.6 Å². The van der Waals surface area contributed by atoms with E-state index in [-0.39, 0.29) is 34.4 Å². The molecule has 288 valence electrons. The Bertz CT molecular complexity index is 2680. The standard InChI is InChI=1S/C49H36N4O6/c54-44-28-32-15-17-34(46(56)50-38-7-3-1-4-8-38)24-36(32)26-42(44)48(58)52-40-19-11-30(12-20-40)23-31-13-21-41(22-14-31)53-49(59)43-27-37-25-35(18-16-33(37)29-45(43)55)47(57)51-39-9-5-2-6-10-39/h1-22,24-29,54-55H,23H2,(H,50,56)(H,51,57)(H,52,58)(H,53,59). The smallest absolute Gasteiger partial charge is 0.259 e. The molecule has 0 heterocycles. The molecule has 0 saturated carbocycles. The van der Waals surface area contributed by atoms with E-state index in [0.29, 0.717) is 61.8 Å². The summed E-state index contributed by atoms with van der Waals surface area (Å²) in [6.45, 7) is 0. The molecule has 0 atom stereocenters. The van der Waals surface area contributed by atoms with Crippen molar-refractivity contribution in [1.29, 1.82) is 0 Å². The number of phenolic OH excluding ortho intramolecular Hbond substituents is 2. The van der Waals surface area contributed by atoms with Crippen molar-refractivity contribution in [3.63, 3.8) is 0 Å². The number of nitrogens with one attached hydrogen (secondary N) is 4. The van der Waals surface area contributed by atoms with Crippen molar-refractivity contribution in [3.8, 4) is 11.5 Å². The van der Waals surface area contributed by atoms with Gasteiger partial charge in [0.1, 0.15) is 11.5 Å². The minimum Gasteiger partial charge on any atom is -0.507 e. The highest BCUT2D eigenvalue weighted by Gasteiger charge is 2.17. The number of carbonyl (C=O) groups excluding carboxylic acids is 4. The maximum Gasteiger partial charge on any atom is 0.259 e. The molecular weight excluding hydrogens is 741 g/mol. The normalized spacial score (nSPS) is 10.8. The topological polar surface area (TPSA) is 157 Å². The van der Waals surface area contributed by atoms with Crippen molar-refractivity contribution < 1.29 is 29.4 Å². The van der Waals surface area contributed by atoms with Crippen LogP contribution in [-0.4, -0.2) is 33.8 Å². The molecule has 10 nitrogen and oxygen atoms in total. The Labute approximate surface area is 338 Å². The molecule has 6 N–H and O–H groups in total. The maximum absolute atomic E-state index is 13.3. The van der Waals surface area contributed by atoms with E-state index in [2.05, 4.69) is 21.3 Å². The molecule has 0 aliphatic carbocycles. The number of hydrogen-bond donors (Lipinski definition) is 6. The SMILES string of the molecule is O=C(Nc1ccccc1)c1ccc2cc(O)c(C(=O)Nc3ccc(Cc4ccc(NC(=O)c5cc6cc(C(=O)Nc7ccccc7)ccc6cc5O)cc4)cc3)cc2c1. The number of benzene rings is 8. The van der Waals surface area contributed by atoms with Crippen molar-refractivity contribution in [1.82, 2.24) is 0 Å². The van der Waals surface area contributed by atoms with Gasteiger partial charge in [0.2, 0.25) is 0 Å². The second-order valence-corrected chi connectivity index (χ2v) is 14.0. The molecule has 59 heavy (non-hydrogen) atoms. The molecule has 0 radical (unpaired) electrons. The molecule has 0 aliphatic rings. The van der Waals surface area contributed by atoms with Gasteiger partial charge < -0.3 is 31.5 Å². The molecule has 8 rings (SSSR count). The average molecular weight is 777 g/mol. The van der Waals surface area contributed by atoms with Crippen LogP contribution in [0.4, 0.5) is 22.7 Å². The lowest BCUT2D eigenvalue weighted by molar-refractivity contribution is 0.101. The number of fused-ring (bicyclic) bond motifs is 2. The molecule has 4 amide bonds. The van der Waals surface area contributed by atoms with Gasteiger partial charge in [0.05, 0.1) is 11.1 Å². The van der Waals surface area contributed by atoms with Crippen molar-refractivity contribution in [2.45, 2.75) is 6.42 Å². The van der Waals surface area contributed by atoms with Crippen molar-refractivity contribution in [3.05, 3.63) is 203 Å². The van der Waals surface area contributed by atoms with Crippen LogP contribution in [-0.2, 0) is 6.42 Å². The number of hydrogen-bond acceptors (Lipinski definition) is 6. The highest BCUT2D eigenvalue weighted by atomic mass is 16.3. The molecule has 10 heteroatoms. The fourth-order valence-electron chi connectivity index (χ4n) is 6.71. The lowest BCUT2D eigenvalue weighted by Gasteiger charge is -2.11. The fraction of sp³-hybridized carbons (Fsp3) is 0.0204. The van der Waals surface area contributed by atoms with E-state index in [1.165, 1.54) is 12.1 Å². The lowest BCUT2D eigenvalue weighted by Crippen LogP contribution is -2.13. The Kier molecular flexibility index (Phi) is 10.5. The zero-order valence-corrected chi connectivity index (χ0v) is 31.4. The summed E-state index contributed by atoms with van der Waals surface area (Å²) in [6, 6.07) is 49.2. The highest BCUT2D eigenvalue weighted by molar-refractivity contribution is 6.12. The number of para-hydroxylation sites is 2. The van der Waals surface area contributed by atoms with Gasteiger partial charge in [-0.3, -0.25) is 19.2 Å². The average Bonchev–Trinajstić information content (AvgIpc) is 3.25. The summed E-state index contributed by atoms with van der Waals surface area (Å²) in [5, 5.41) is 35.4. The molecule has 0 unspecified atom stereocenters. The van der Waals surface area contributed by atoms with Gasteiger partial charge in [0.25, 0.3) is 23.6 Å². The number of phenols is 2. The molecule has 0 aliphatic heterocycles. The van der Waals surface area contributed by atoms with Gasteiger partial charge >= 0.3 is 0 Å². The lowest BCUT2D eigenvalue weighted by atomic mass is 10.0. The summed E-state index contributed by atoms with van der Waals surface area (Å²) in [4.78, 5) is 52.3. The minimum atomic E-state index is -0.498. The Morgan fingerprint density at radius 2 is 0.712 bits per heavy atom. The number of rotatable bonds is 10. The number of amides is 4. The Hall–Kier alpha value is -8.24. The van der Waals surface area contributed by atoms with Gasteiger partial charge in [-0.1, -0.05) is 72.8 Å². The van der Waals surface area contributed by atoms with Crippen molar-refractivity contribution >= 4 is 67.9 Å². The van der Waals surface area contributed by atoms with Crippen LogP contribution in [0, 0.1) is 0 Å². The zero-order chi connectivity index (χ0) is 40.9. The van der Waals surface area contributed by atoms with Crippen LogP contribution in [0.25, 0.3) is 21.5 Å². The summed E-state index contributed by atoms with van der Waals surface area (Å²) in [5.74, 6) is -1.94. The van der Waals surface area contributed by atoms with E-state index in [0.717, 1.165) is 11.1 Å². The molecule has 0 spiro atoms. The first-order valence-corrected chi connectivity index (χ1v) is 18.7. The second kappa shape index (κ2) is 16.5. The Balaban J connectivity index is 0.883. The second-order valence-electron chi connectivity index (χ2n) is 14.0. The van der Waals surface area contributed by atoms with Crippen molar-refractivity contribution in [2.24, 2.45) is 0 Å². The van der Waals surface area contributed by atoms with Crippen LogP contribution in [0.2, 0.25) is 0 Å². The third-order valence-corrected chi connectivity index (χ3v) is 9.82. The predicted molar refractivity (Wildman–Crippen MR) is 232 cm³/mol. The van der Waals surface area contributed by atoms with E-state index in [9.17, 15) is 29.4 Å². The minimum absolute atomic E-state index is 0.0721. The number of aromatic hydroxyl groups is 2. The van der Waals surface area contributed by atoms with Crippen LogP contribution in [0.15, 0.2) is 170 Å². The third kappa shape index (κ3) is 8.77. The number of carbonyl (C=O) groups is 4. The first kappa shape index (κ1) is 37.7. The van der Waals surface area contributed by atoms with Crippen LogP contribution in [0.3, 0.4) is 0 Å². The summed E-state index contributed by atoms with van der Waals surface area (Å²) in [6.07, 6.45) is 0.583. The molecule has 0 aromatic heterocycles. The molecule has 0 fully saturated rings. The van der Waals surface area contributed by atoms with E-state index >= 15 is 0 Å². The van der Waals surface area contributed by atoms with Crippen LogP contribution < -0.4 is 21.3 Å². The van der Waals surface area contributed by atoms with E-state index < -0.39 is 11.8 Å². The highest BCUT2D eigenvalue weighted by Crippen LogP contribution is 2.29. The van der Waals surface area contributed by atoms with Gasteiger partial charge in [-0.05, 0) is 136 Å². The largest absolute Gasteiger partial charge is 0.507 e. The predicted octanol–water partition coefficient (Wildman–Crippen LogP) is 10.0. The van der Waals surface area contributed by atoms with Crippen LogP contribution in [0.5, 0.6) is 11.5 Å². The number of anilines is 4. The van der Waals surface area contributed by atoms with Gasteiger partial charge in [-0.2, -0.15) is 0 Å². The first-order valence-electron chi connectivity index (χ1n) is 18.7. The van der Waals surface area contributed by atoms with Gasteiger partial charge in [-0.25, -0.2) is 0 Å². The van der Waals surface area contributed by atoms with E-state index in [1.807, 2.05) is 60.7 Å². The third-order valence-electron chi connectivity index (χ3n) is 9.82. The zero-order valence-electron chi connectivity index (χ0n) is 31.4.